The normalized spacial score (nSPS) is 22.2. The molecule has 9 nitrogen and oxygen atoms in total. The Morgan fingerprint density at radius 3 is 2.61 bits per heavy atom. The summed E-state index contributed by atoms with van der Waals surface area (Å²) < 4.78 is 10.6. The highest BCUT2D eigenvalue weighted by Gasteiger charge is 2.40. The van der Waals surface area contributed by atoms with Crippen molar-refractivity contribution in [3.05, 3.63) is 35.2 Å². The van der Waals surface area contributed by atoms with Gasteiger partial charge in [-0.2, -0.15) is 0 Å². The number of allylic oxidation sites excluding steroid dienone is 1. The lowest BCUT2D eigenvalue weighted by Gasteiger charge is -2.50. The summed E-state index contributed by atoms with van der Waals surface area (Å²) in [5.41, 5.74) is 8.12. The Bertz CT molecular complexity index is 1090. The van der Waals surface area contributed by atoms with Crippen molar-refractivity contribution in [1.82, 2.24) is 14.9 Å². The van der Waals surface area contributed by atoms with Gasteiger partial charge in [0.1, 0.15) is 5.17 Å². The number of aliphatic imine (C=N–C) groups is 1. The van der Waals surface area contributed by atoms with E-state index in [0.29, 0.717) is 29.9 Å². The first-order valence-corrected chi connectivity index (χ1v) is 11.8. The van der Waals surface area contributed by atoms with Gasteiger partial charge in [0, 0.05) is 44.0 Å². The molecule has 0 saturated carbocycles. The smallest absolute Gasteiger partial charge is 0.227 e. The number of nitrogens with zero attached hydrogens (tertiary/aromatic N) is 5. The molecule has 0 bridgehead atoms. The zero-order valence-electron chi connectivity index (χ0n) is 18.4. The van der Waals surface area contributed by atoms with Crippen LogP contribution in [0, 0.1) is 0 Å². The third-order valence-corrected chi connectivity index (χ3v) is 7.01. The van der Waals surface area contributed by atoms with E-state index in [0.717, 1.165) is 56.0 Å². The molecular formula is C22H27Cl2N7O2. The van der Waals surface area contributed by atoms with Crippen LogP contribution < -0.4 is 16.0 Å². The highest BCUT2D eigenvalue weighted by atomic mass is 35.5. The van der Waals surface area contributed by atoms with Crippen LogP contribution in [0.2, 0.25) is 5.02 Å². The number of nitrogens with two attached hydrogens (primary N) is 1. The minimum atomic E-state index is 0.0522. The maximum absolute atomic E-state index is 6.64. The van der Waals surface area contributed by atoms with Crippen molar-refractivity contribution in [3.63, 3.8) is 0 Å². The molecule has 3 aliphatic rings. The summed E-state index contributed by atoms with van der Waals surface area (Å²) in [5.74, 6) is 0.383. The molecule has 1 aromatic carbocycles. The lowest BCUT2D eigenvalue weighted by molar-refractivity contribution is -0.131. The number of nitrogens with one attached hydrogen (secondary N) is 1. The molecule has 11 heteroatoms. The second-order valence-electron chi connectivity index (χ2n) is 8.84. The van der Waals surface area contributed by atoms with Gasteiger partial charge in [-0.25, -0.2) is 9.97 Å². The lowest BCUT2D eigenvalue weighted by atomic mass is 9.97. The van der Waals surface area contributed by atoms with Crippen molar-refractivity contribution in [2.24, 2.45) is 10.7 Å². The third-order valence-electron chi connectivity index (χ3n) is 6.41. The van der Waals surface area contributed by atoms with Crippen LogP contribution >= 0.6 is 23.2 Å². The first-order chi connectivity index (χ1) is 15.9. The largest absolute Gasteiger partial charge is 0.403 e. The second-order valence-corrected chi connectivity index (χ2v) is 9.60. The first-order valence-electron chi connectivity index (χ1n) is 11.0. The van der Waals surface area contributed by atoms with Crippen molar-refractivity contribution in [2.75, 3.05) is 62.8 Å². The van der Waals surface area contributed by atoms with E-state index in [2.05, 4.69) is 37.0 Å². The van der Waals surface area contributed by atoms with Gasteiger partial charge in [-0.15, -0.1) is 0 Å². The summed E-state index contributed by atoms with van der Waals surface area (Å²) >= 11 is 13.0. The van der Waals surface area contributed by atoms with E-state index >= 15 is 0 Å². The van der Waals surface area contributed by atoms with E-state index in [1.165, 1.54) is 6.20 Å². The predicted octanol–water partition coefficient (Wildman–Crippen LogP) is 2.44. The monoisotopic (exact) mass is 491 g/mol. The number of anilines is 2. The number of hydrogen-bond acceptors (Lipinski definition) is 9. The van der Waals surface area contributed by atoms with Crippen LogP contribution in [-0.4, -0.2) is 84.2 Å². The van der Waals surface area contributed by atoms with Gasteiger partial charge in [0.05, 0.1) is 59.9 Å². The summed E-state index contributed by atoms with van der Waals surface area (Å²) in [7, 11) is 0. The molecule has 0 spiro atoms. The van der Waals surface area contributed by atoms with Crippen LogP contribution in [0.15, 0.2) is 35.2 Å². The van der Waals surface area contributed by atoms with E-state index < -0.39 is 0 Å². The van der Waals surface area contributed by atoms with Gasteiger partial charge in [-0.3, -0.25) is 9.89 Å². The lowest BCUT2D eigenvalue weighted by Crippen LogP contribution is -2.64. The highest BCUT2D eigenvalue weighted by molar-refractivity contribution is 6.69. The number of hydrogen-bond donors (Lipinski definition) is 2. The number of rotatable bonds is 6. The minimum Gasteiger partial charge on any atom is -0.403 e. The molecule has 2 aromatic rings. The highest BCUT2D eigenvalue weighted by Crippen LogP contribution is 2.33. The molecular weight excluding hydrogens is 465 g/mol. The van der Waals surface area contributed by atoms with Crippen LogP contribution in [0.5, 0.6) is 0 Å². The Morgan fingerprint density at radius 1 is 1.24 bits per heavy atom. The average molecular weight is 492 g/mol. The molecule has 4 heterocycles. The summed E-state index contributed by atoms with van der Waals surface area (Å²) in [6.07, 6.45) is 3.09. The number of fused-ring (bicyclic) bond motifs is 1. The van der Waals surface area contributed by atoms with Gasteiger partial charge < -0.3 is 25.4 Å². The number of aromatic nitrogens is 2. The van der Waals surface area contributed by atoms with E-state index in [1.807, 2.05) is 12.1 Å². The predicted molar refractivity (Wildman–Crippen MR) is 131 cm³/mol. The molecule has 0 radical (unpaired) electrons. The first kappa shape index (κ1) is 22.6. The Hall–Kier alpha value is -2.17. The SMILES string of the molecule is CC1(N2CCN(c3cc4nc(N/C(=C/N)C(Cl)=NC5COC5)ncc4cc3Cl)CC2)COC1. The fraction of sp³-hybridized carbons (Fsp3) is 0.500. The van der Waals surface area contributed by atoms with Crippen LogP contribution in [0.25, 0.3) is 10.9 Å². The molecule has 0 amide bonds. The molecule has 5 rings (SSSR count). The van der Waals surface area contributed by atoms with Crippen molar-refractivity contribution in [1.29, 1.82) is 0 Å². The Morgan fingerprint density at radius 2 is 2.00 bits per heavy atom. The van der Waals surface area contributed by atoms with E-state index in [4.69, 9.17) is 38.4 Å². The second kappa shape index (κ2) is 9.23. The summed E-state index contributed by atoms with van der Waals surface area (Å²) in [6.45, 7) is 8.73. The topological polar surface area (TPSA) is 101 Å². The van der Waals surface area contributed by atoms with E-state index in [1.54, 1.807) is 6.20 Å². The zero-order chi connectivity index (χ0) is 23.0. The van der Waals surface area contributed by atoms with E-state index in [-0.39, 0.29) is 16.8 Å². The molecule has 3 N–H and O–H groups in total. The van der Waals surface area contributed by atoms with Gasteiger partial charge in [0.2, 0.25) is 5.95 Å². The van der Waals surface area contributed by atoms with Crippen molar-refractivity contribution in [2.45, 2.75) is 18.5 Å². The van der Waals surface area contributed by atoms with Gasteiger partial charge in [0.25, 0.3) is 0 Å². The molecule has 0 unspecified atom stereocenters. The Labute approximate surface area is 202 Å². The Balaban J connectivity index is 1.33. The van der Waals surface area contributed by atoms with Gasteiger partial charge in [-0.05, 0) is 19.1 Å². The maximum Gasteiger partial charge on any atom is 0.227 e. The van der Waals surface area contributed by atoms with Crippen LogP contribution in [0.3, 0.4) is 0 Å². The molecule has 3 aliphatic heterocycles. The molecule has 3 fully saturated rings. The molecule has 1 aromatic heterocycles. The van der Waals surface area contributed by atoms with Gasteiger partial charge in [-0.1, -0.05) is 23.2 Å². The van der Waals surface area contributed by atoms with Crippen molar-refractivity contribution < 1.29 is 9.47 Å². The fourth-order valence-electron chi connectivity index (χ4n) is 4.22. The number of ether oxygens (including phenoxy) is 2. The molecule has 0 atom stereocenters. The fourth-order valence-corrected chi connectivity index (χ4v) is 4.76. The Kier molecular flexibility index (Phi) is 6.32. The molecule has 176 valence electrons. The summed E-state index contributed by atoms with van der Waals surface area (Å²) in [5, 5.41) is 4.89. The summed E-state index contributed by atoms with van der Waals surface area (Å²) in [4.78, 5) is 18.2. The quantitative estimate of drug-likeness (QED) is 0.594. The standard InChI is InChI=1S/C22H27Cl2N7O2/c1-22(12-33-13-22)31-4-2-30(3-5-31)19-7-17-14(6-16(19)23)9-26-21(28-17)29-18(8-25)20(24)27-15-10-32-11-15/h6-9,15H,2-5,10-13,25H2,1H3,(H,26,28,29)/b18-8+,27-20?. The van der Waals surface area contributed by atoms with Crippen molar-refractivity contribution >= 4 is 50.9 Å². The molecule has 3 saturated heterocycles. The van der Waals surface area contributed by atoms with Crippen molar-refractivity contribution in [3.8, 4) is 0 Å². The minimum absolute atomic E-state index is 0.0522. The zero-order valence-corrected chi connectivity index (χ0v) is 19.9. The van der Waals surface area contributed by atoms with Crippen LogP contribution in [0.4, 0.5) is 11.6 Å². The van der Waals surface area contributed by atoms with E-state index in [9.17, 15) is 0 Å². The number of benzene rings is 1. The number of piperazine rings is 1. The average Bonchev–Trinajstić information content (AvgIpc) is 2.78. The molecule has 33 heavy (non-hydrogen) atoms. The maximum atomic E-state index is 6.64. The van der Waals surface area contributed by atoms with Crippen LogP contribution in [-0.2, 0) is 9.47 Å². The third kappa shape index (κ3) is 4.61. The summed E-state index contributed by atoms with van der Waals surface area (Å²) in [6, 6.07) is 3.98. The van der Waals surface area contributed by atoms with Gasteiger partial charge >= 0.3 is 0 Å². The van der Waals surface area contributed by atoms with Gasteiger partial charge in [0.15, 0.2) is 0 Å². The van der Waals surface area contributed by atoms with Crippen LogP contribution in [0.1, 0.15) is 6.92 Å². The molecule has 0 aliphatic carbocycles. The number of halogens is 2.